The molecule has 0 aromatic carbocycles. The normalized spacial score (nSPS) is 21.2. The molecule has 1 aromatic heterocycles. The van der Waals surface area contributed by atoms with Gasteiger partial charge in [-0.25, -0.2) is 0 Å². The maximum atomic E-state index is 11.8. The molecule has 0 saturated carbocycles. The maximum Gasteiger partial charge on any atom is 0.223 e. The molecule has 1 amide bonds. The van der Waals surface area contributed by atoms with Gasteiger partial charge < -0.3 is 10.0 Å². The molecule has 2 heterocycles. The molecule has 17 heavy (non-hydrogen) atoms. The molecule has 94 valence electrons. The second kappa shape index (κ2) is 4.78. The fraction of sp³-hybridized carbons (Fsp3) is 0.615. The summed E-state index contributed by atoms with van der Waals surface area (Å²) in [6.45, 7) is 5.88. The van der Waals surface area contributed by atoms with Crippen LogP contribution < -0.4 is 0 Å². The van der Waals surface area contributed by atoms with E-state index in [2.05, 4.69) is 25.3 Å². The van der Waals surface area contributed by atoms with Crippen molar-refractivity contribution in [2.75, 3.05) is 19.7 Å². The van der Waals surface area contributed by atoms with Gasteiger partial charge in [-0.1, -0.05) is 19.9 Å². The fourth-order valence-corrected chi connectivity index (χ4v) is 3.19. The van der Waals surface area contributed by atoms with Crippen LogP contribution in [0.5, 0.6) is 0 Å². The Hall–Kier alpha value is -0.870. The number of carbonyl (C=O) groups is 1. The van der Waals surface area contributed by atoms with Crippen LogP contribution in [0.1, 0.15) is 25.1 Å². The van der Waals surface area contributed by atoms with E-state index in [-0.39, 0.29) is 23.8 Å². The van der Waals surface area contributed by atoms with Crippen molar-refractivity contribution in [2.45, 2.75) is 25.7 Å². The van der Waals surface area contributed by atoms with Crippen LogP contribution in [0.2, 0.25) is 0 Å². The molecule has 0 spiro atoms. The summed E-state index contributed by atoms with van der Waals surface area (Å²) in [7, 11) is 0. The first-order valence-corrected chi connectivity index (χ1v) is 6.83. The van der Waals surface area contributed by atoms with E-state index in [1.54, 1.807) is 11.3 Å². The summed E-state index contributed by atoms with van der Waals surface area (Å²) in [5.74, 6) is 0.301. The molecule has 1 aliphatic rings. The summed E-state index contributed by atoms with van der Waals surface area (Å²) in [5.41, 5.74) is -0.00578. The van der Waals surface area contributed by atoms with Crippen molar-refractivity contribution in [1.82, 2.24) is 4.90 Å². The molecule has 1 fully saturated rings. The highest BCUT2D eigenvalue weighted by molar-refractivity contribution is 7.10. The van der Waals surface area contributed by atoms with Crippen LogP contribution in [0.15, 0.2) is 17.5 Å². The summed E-state index contributed by atoms with van der Waals surface area (Å²) in [5, 5.41) is 11.2. The smallest absolute Gasteiger partial charge is 0.223 e. The first-order chi connectivity index (χ1) is 8.03. The fourth-order valence-electron chi connectivity index (χ4n) is 2.35. The van der Waals surface area contributed by atoms with Crippen molar-refractivity contribution >= 4 is 17.2 Å². The molecule has 1 aromatic rings. The number of carbonyl (C=O) groups excluding carboxylic acids is 1. The van der Waals surface area contributed by atoms with Gasteiger partial charge in [0.25, 0.3) is 0 Å². The predicted octanol–water partition coefficient (Wildman–Crippen LogP) is 1.87. The molecule has 3 nitrogen and oxygen atoms in total. The average molecular weight is 253 g/mol. The van der Waals surface area contributed by atoms with Crippen LogP contribution in [0.3, 0.4) is 0 Å². The molecule has 4 heteroatoms. The Bertz CT molecular complexity index is 386. The zero-order valence-electron chi connectivity index (χ0n) is 10.3. The lowest BCUT2D eigenvalue weighted by atomic mass is 9.91. The van der Waals surface area contributed by atoms with Crippen LogP contribution in [-0.4, -0.2) is 35.6 Å². The SMILES string of the molecule is CC(C)(CN1CC(CO)CC1=O)c1cccs1. The van der Waals surface area contributed by atoms with Gasteiger partial charge in [0.05, 0.1) is 0 Å². The number of nitrogens with zero attached hydrogens (tertiary/aromatic N) is 1. The highest BCUT2D eigenvalue weighted by Crippen LogP contribution is 2.30. The van der Waals surface area contributed by atoms with Crippen LogP contribution in [0, 0.1) is 5.92 Å². The molecular formula is C13H19NO2S. The van der Waals surface area contributed by atoms with E-state index in [1.165, 1.54) is 4.88 Å². The number of hydrogen-bond acceptors (Lipinski definition) is 3. The highest BCUT2D eigenvalue weighted by Gasteiger charge is 2.34. The van der Waals surface area contributed by atoms with Crippen LogP contribution in [0.25, 0.3) is 0 Å². The van der Waals surface area contributed by atoms with Crippen molar-refractivity contribution in [1.29, 1.82) is 0 Å². The Kier molecular flexibility index (Phi) is 3.54. The Labute approximate surface area is 106 Å². The molecule has 0 radical (unpaired) electrons. The van der Waals surface area contributed by atoms with E-state index in [1.807, 2.05) is 11.0 Å². The van der Waals surface area contributed by atoms with Crippen molar-refractivity contribution < 1.29 is 9.90 Å². The molecule has 0 bridgehead atoms. The number of likely N-dealkylation sites (tertiary alicyclic amines) is 1. The Morgan fingerprint density at radius 3 is 2.88 bits per heavy atom. The number of amides is 1. The van der Waals surface area contributed by atoms with Gasteiger partial charge in [-0.05, 0) is 11.4 Å². The number of aliphatic hydroxyl groups excluding tert-OH is 1. The van der Waals surface area contributed by atoms with E-state index >= 15 is 0 Å². The number of aliphatic hydroxyl groups is 1. The van der Waals surface area contributed by atoms with Crippen molar-refractivity contribution in [3.63, 3.8) is 0 Å². The van der Waals surface area contributed by atoms with Crippen LogP contribution in [0.4, 0.5) is 0 Å². The first-order valence-electron chi connectivity index (χ1n) is 5.95. The molecule has 1 atom stereocenters. The molecule has 0 aliphatic carbocycles. The van der Waals surface area contributed by atoms with E-state index in [0.717, 1.165) is 6.54 Å². The standard InChI is InChI=1S/C13H19NO2S/c1-13(2,11-4-3-5-17-11)9-14-7-10(8-15)6-12(14)16/h3-5,10,15H,6-9H2,1-2H3. The summed E-state index contributed by atoms with van der Waals surface area (Å²) in [6.07, 6.45) is 0.497. The predicted molar refractivity (Wildman–Crippen MR) is 69.1 cm³/mol. The lowest BCUT2D eigenvalue weighted by Crippen LogP contribution is -2.37. The van der Waals surface area contributed by atoms with E-state index in [0.29, 0.717) is 13.0 Å². The van der Waals surface area contributed by atoms with Gasteiger partial charge in [-0.3, -0.25) is 4.79 Å². The minimum absolute atomic E-state index is 0.00578. The van der Waals surface area contributed by atoms with Crippen LogP contribution >= 0.6 is 11.3 Å². The highest BCUT2D eigenvalue weighted by atomic mass is 32.1. The number of hydrogen-bond donors (Lipinski definition) is 1. The van der Waals surface area contributed by atoms with E-state index < -0.39 is 0 Å². The van der Waals surface area contributed by atoms with Crippen LogP contribution in [-0.2, 0) is 10.2 Å². The largest absolute Gasteiger partial charge is 0.396 e. The molecule has 1 aliphatic heterocycles. The average Bonchev–Trinajstić information content (AvgIpc) is 2.88. The topological polar surface area (TPSA) is 40.5 Å². The zero-order chi connectivity index (χ0) is 12.5. The quantitative estimate of drug-likeness (QED) is 0.890. The van der Waals surface area contributed by atoms with E-state index in [4.69, 9.17) is 5.11 Å². The second-order valence-corrected chi connectivity index (χ2v) is 6.34. The third kappa shape index (κ3) is 2.69. The minimum atomic E-state index is -0.00578. The first kappa shape index (κ1) is 12.6. The van der Waals surface area contributed by atoms with Gasteiger partial charge in [0.15, 0.2) is 0 Å². The van der Waals surface area contributed by atoms with Gasteiger partial charge in [-0.15, -0.1) is 11.3 Å². The second-order valence-electron chi connectivity index (χ2n) is 5.39. The van der Waals surface area contributed by atoms with E-state index in [9.17, 15) is 4.79 Å². The van der Waals surface area contributed by atoms with Crippen molar-refractivity contribution in [3.05, 3.63) is 22.4 Å². The summed E-state index contributed by atoms with van der Waals surface area (Å²) < 4.78 is 0. The number of rotatable bonds is 4. The van der Waals surface area contributed by atoms with Crippen molar-refractivity contribution in [2.24, 2.45) is 5.92 Å². The lowest BCUT2D eigenvalue weighted by Gasteiger charge is -2.29. The molecule has 1 saturated heterocycles. The van der Waals surface area contributed by atoms with Gasteiger partial charge in [0, 0.05) is 42.3 Å². The van der Waals surface area contributed by atoms with Crippen molar-refractivity contribution in [3.8, 4) is 0 Å². The number of thiophene rings is 1. The van der Waals surface area contributed by atoms with Gasteiger partial charge in [-0.2, -0.15) is 0 Å². The Balaban J connectivity index is 2.04. The van der Waals surface area contributed by atoms with Gasteiger partial charge >= 0.3 is 0 Å². The maximum absolute atomic E-state index is 11.8. The minimum Gasteiger partial charge on any atom is -0.396 e. The molecule has 1 unspecified atom stereocenters. The third-order valence-corrected chi connectivity index (χ3v) is 4.56. The monoisotopic (exact) mass is 253 g/mol. The third-order valence-electron chi connectivity index (χ3n) is 3.33. The zero-order valence-corrected chi connectivity index (χ0v) is 11.2. The Morgan fingerprint density at radius 1 is 1.59 bits per heavy atom. The summed E-state index contributed by atoms with van der Waals surface area (Å²) in [6, 6.07) is 4.17. The van der Waals surface area contributed by atoms with Gasteiger partial charge in [0.1, 0.15) is 0 Å². The summed E-state index contributed by atoms with van der Waals surface area (Å²) >= 11 is 1.73. The Morgan fingerprint density at radius 2 is 2.35 bits per heavy atom. The lowest BCUT2D eigenvalue weighted by molar-refractivity contribution is -0.128. The summed E-state index contributed by atoms with van der Waals surface area (Å²) in [4.78, 5) is 15.0. The molecule has 2 rings (SSSR count). The van der Waals surface area contributed by atoms with Gasteiger partial charge in [0.2, 0.25) is 5.91 Å². The molecule has 1 N–H and O–H groups in total. The molecular weight excluding hydrogens is 234 g/mol.